The summed E-state index contributed by atoms with van der Waals surface area (Å²) in [5, 5.41) is 11.3. The zero-order valence-electron chi connectivity index (χ0n) is 20.3. The molecule has 0 saturated carbocycles. The van der Waals surface area contributed by atoms with Gasteiger partial charge in [0.1, 0.15) is 11.5 Å². The first-order chi connectivity index (χ1) is 17.4. The summed E-state index contributed by atoms with van der Waals surface area (Å²) in [5.74, 6) is -0.325. The minimum absolute atomic E-state index is 0.0635. The van der Waals surface area contributed by atoms with Crippen LogP contribution in [0.4, 0.5) is 0 Å². The van der Waals surface area contributed by atoms with Gasteiger partial charge in [-0.25, -0.2) is 0 Å². The van der Waals surface area contributed by atoms with Crippen molar-refractivity contribution in [3.8, 4) is 23.0 Å². The van der Waals surface area contributed by atoms with Gasteiger partial charge >= 0.3 is 0 Å². The number of carbonyl (C=O) groups excluding carboxylic acids is 2. The molecule has 186 valence electrons. The lowest BCUT2D eigenvalue weighted by molar-refractivity contribution is -0.140. The van der Waals surface area contributed by atoms with Crippen molar-refractivity contribution in [2.45, 2.75) is 12.6 Å². The molecule has 1 N–H and O–H groups in total. The van der Waals surface area contributed by atoms with Crippen LogP contribution in [0.2, 0.25) is 0 Å². The summed E-state index contributed by atoms with van der Waals surface area (Å²) in [6.45, 7) is 0.0919. The molecule has 1 saturated heterocycles. The summed E-state index contributed by atoms with van der Waals surface area (Å²) >= 11 is 0. The Labute approximate surface area is 208 Å². The number of rotatable bonds is 8. The maximum Gasteiger partial charge on any atom is 0.295 e. The van der Waals surface area contributed by atoms with Crippen molar-refractivity contribution in [1.29, 1.82) is 0 Å². The van der Waals surface area contributed by atoms with Gasteiger partial charge in [0.05, 0.1) is 40.1 Å². The fraction of sp³-hybridized carbons (Fsp3) is 0.222. The first-order valence-electron chi connectivity index (χ1n) is 11.0. The highest BCUT2D eigenvalue weighted by molar-refractivity contribution is 6.46. The fourth-order valence-electron chi connectivity index (χ4n) is 4.26. The van der Waals surface area contributed by atoms with Gasteiger partial charge < -0.3 is 29.0 Å². The standard InChI is InChI=1S/C27H26N2O7/c1-33-19-9-5-8-17(11-19)24(30)22-23(18-12-20(34-2)26(36-4)21(13-18)35-3)29(27(32)25(22)31)15-16-7-6-10-28-14-16/h5-14,23,30H,15H2,1-4H3/b24-22+/t23-/m0/s1. The molecule has 2 heterocycles. The summed E-state index contributed by atoms with van der Waals surface area (Å²) in [7, 11) is 5.94. The van der Waals surface area contributed by atoms with Gasteiger partial charge in [0.25, 0.3) is 11.7 Å². The molecular formula is C27H26N2O7. The topological polar surface area (TPSA) is 107 Å². The lowest BCUT2D eigenvalue weighted by atomic mass is 9.94. The first-order valence-corrected chi connectivity index (χ1v) is 11.0. The third-order valence-corrected chi connectivity index (χ3v) is 5.96. The number of carbonyl (C=O) groups is 2. The number of amides is 1. The van der Waals surface area contributed by atoms with Gasteiger partial charge in [-0.15, -0.1) is 0 Å². The number of hydrogen-bond acceptors (Lipinski definition) is 8. The highest BCUT2D eigenvalue weighted by atomic mass is 16.5. The van der Waals surface area contributed by atoms with Gasteiger partial charge in [-0.3, -0.25) is 14.6 Å². The number of pyridine rings is 1. The van der Waals surface area contributed by atoms with Crippen LogP contribution in [0.5, 0.6) is 23.0 Å². The van der Waals surface area contributed by atoms with Crippen LogP contribution in [0.3, 0.4) is 0 Å². The number of ketones is 1. The molecular weight excluding hydrogens is 464 g/mol. The maximum atomic E-state index is 13.3. The molecule has 1 aliphatic rings. The molecule has 1 aliphatic heterocycles. The average molecular weight is 491 g/mol. The monoisotopic (exact) mass is 490 g/mol. The van der Waals surface area contributed by atoms with E-state index in [2.05, 4.69) is 4.98 Å². The lowest BCUT2D eigenvalue weighted by Crippen LogP contribution is -2.29. The molecule has 1 atom stereocenters. The molecule has 36 heavy (non-hydrogen) atoms. The molecule has 0 radical (unpaired) electrons. The summed E-state index contributed by atoms with van der Waals surface area (Å²) < 4.78 is 21.7. The highest BCUT2D eigenvalue weighted by Gasteiger charge is 2.46. The molecule has 9 heteroatoms. The Morgan fingerprint density at radius 3 is 2.25 bits per heavy atom. The van der Waals surface area contributed by atoms with E-state index < -0.39 is 17.7 Å². The van der Waals surface area contributed by atoms with E-state index >= 15 is 0 Å². The van der Waals surface area contributed by atoms with E-state index in [0.29, 0.717) is 34.1 Å². The third kappa shape index (κ3) is 4.43. The van der Waals surface area contributed by atoms with Gasteiger partial charge in [0.15, 0.2) is 11.5 Å². The highest BCUT2D eigenvalue weighted by Crippen LogP contribution is 2.46. The molecule has 0 aliphatic carbocycles. The predicted molar refractivity (Wildman–Crippen MR) is 131 cm³/mol. The van der Waals surface area contributed by atoms with Gasteiger partial charge in [0, 0.05) is 24.5 Å². The third-order valence-electron chi connectivity index (χ3n) is 5.96. The number of ether oxygens (including phenoxy) is 4. The van der Waals surface area contributed by atoms with Gasteiger partial charge in [-0.05, 0) is 41.5 Å². The van der Waals surface area contributed by atoms with Crippen LogP contribution in [0, 0.1) is 0 Å². The second-order valence-corrected chi connectivity index (χ2v) is 7.98. The molecule has 4 rings (SSSR count). The number of likely N-dealkylation sites (tertiary alicyclic amines) is 1. The van der Waals surface area contributed by atoms with Crippen LogP contribution in [0.1, 0.15) is 22.7 Å². The second kappa shape index (κ2) is 10.4. The molecule has 0 unspecified atom stereocenters. The first kappa shape index (κ1) is 24.6. The van der Waals surface area contributed by atoms with Crippen molar-refractivity contribution in [3.05, 3.63) is 83.2 Å². The van der Waals surface area contributed by atoms with Crippen molar-refractivity contribution in [3.63, 3.8) is 0 Å². The van der Waals surface area contributed by atoms with Crippen molar-refractivity contribution >= 4 is 17.4 Å². The van der Waals surface area contributed by atoms with E-state index in [4.69, 9.17) is 18.9 Å². The molecule has 0 spiro atoms. The van der Waals surface area contributed by atoms with Crippen molar-refractivity contribution in [2.75, 3.05) is 28.4 Å². The van der Waals surface area contributed by atoms with Crippen LogP contribution >= 0.6 is 0 Å². The van der Waals surface area contributed by atoms with Crippen molar-refractivity contribution < 1.29 is 33.6 Å². The molecule has 1 aromatic heterocycles. The van der Waals surface area contributed by atoms with E-state index in [9.17, 15) is 14.7 Å². The van der Waals surface area contributed by atoms with Crippen LogP contribution in [-0.2, 0) is 16.1 Å². The number of aromatic nitrogens is 1. The Balaban J connectivity index is 1.95. The van der Waals surface area contributed by atoms with Gasteiger partial charge in [-0.1, -0.05) is 18.2 Å². The number of hydrogen-bond donors (Lipinski definition) is 1. The molecule has 1 fully saturated rings. The quantitative estimate of drug-likeness (QED) is 0.289. The zero-order chi connectivity index (χ0) is 25.8. The smallest absolute Gasteiger partial charge is 0.295 e. The molecule has 3 aromatic rings. The van der Waals surface area contributed by atoms with E-state index in [0.717, 1.165) is 5.56 Å². The van der Waals surface area contributed by atoms with Gasteiger partial charge in [-0.2, -0.15) is 0 Å². The average Bonchev–Trinajstić information content (AvgIpc) is 3.17. The Kier molecular flexibility index (Phi) is 7.10. The SMILES string of the molecule is COc1cccc(/C(O)=C2\C(=O)C(=O)N(Cc3cccnc3)[C@H]2c2cc(OC)c(OC)c(OC)c2)c1. The van der Waals surface area contributed by atoms with E-state index in [1.807, 2.05) is 0 Å². The Morgan fingerprint density at radius 2 is 1.67 bits per heavy atom. The van der Waals surface area contributed by atoms with Crippen molar-refractivity contribution in [1.82, 2.24) is 9.88 Å². The summed E-state index contributed by atoms with van der Waals surface area (Å²) in [6, 6.07) is 12.6. The number of aliphatic hydroxyl groups is 1. The Bertz CT molecular complexity index is 1300. The Hall–Kier alpha value is -4.53. The molecule has 9 nitrogen and oxygen atoms in total. The summed E-state index contributed by atoms with van der Waals surface area (Å²) in [6.07, 6.45) is 3.24. The number of aliphatic hydroxyl groups excluding tert-OH is 1. The number of methoxy groups -OCH3 is 4. The van der Waals surface area contributed by atoms with Crippen LogP contribution in [0.15, 0.2) is 66.5 Å². The van der Waals surface area contributed by atoms with Gasteiger partial charge in [0.2, 0.25) is 5.75 Å². The van der Waals surface area contributed by atoms with E-state index in [1.54, 1.807) is 60.9 Å². The molecule has 1 amide bonds. The Morgan fingerprint density at radius 1 is 0.944 bits per heavy atom. The lowest BCUT2D eigenvalue weighted by Gasteiger charge is -2.26. The normalized spacial score (nSPS) is 16.7. The summed E-state index contributed by atoms with van der Waals surface area (Å²) in [4.78, 5) is 32.1. The van der Waals surface area contributed by atoms with Crippen LogP contribution < -0.4 is 18.9 Å². The second-order valence-electron chi connectivity index (χ2n) is 7.98. The predicted octanol–water partition coefficient (Wildman–Crippen LogP) is 3.74. The minimum atomic E-state index is -0.940. The number of nitrogens with zero attached hydrogens (tertiary/aromatic N) is 2. The molecule has 0 bridgehead atoms. The summed E-state index contributed by atoms with van der Waals surface area (Å²) in [5.41, 5.74) is 1.49. The zero-order valence-corrected chi connectivity index (χ0v) is 20.3. The molecule has 2 aromatic carbocycles. The number of Topliss-reactive ketones (excluding diaryl/α,β-unsaturated/α-hetero) is 1. The maximum absolute atomic E-state index is 13.3. The van der Waals surface area contributed by atoms with E-state index in [1.165, 1.54) is 33.3 Å². The van der Waals surface area contributed by atoms with Crippen LogP contribution in [0.25, 0.3) is 5.76 Å². The largest absolute Gasteiger partial charge is 0.507 e. The van der Waals surface area contributed by atoms with Crippen LogP contribution in [-0.4, -0.2) is 55.1 Å². The number of benzene rings is 2. The van der Waals surface area contributed by atoms with E-state index in [-0.39, 0.29) is 17.9 Å². The van der Waals surface area contributed by atoms with Crippen molar-refractivity contribution in [2.24, 2.45) is 0 Å². The fourth-order valence-corrected chi connectivity index (χ4v) is 4.26. The minimum Gasteiger partial charge on any atom is -0.507 e.